The van der Waals surface area contributed by atoms with Crippen molar-refractivity contribution >= 4 is 41.3 Å². The van der Waals surface area contributed by atoms with Gasteiger partial charge in [0, 0.05) is 36.0 Å². The molecule has 2 aliphatic heterocycles. The molecular weight excluding hydrogens is 765 g/mol. The second-order valence-electron chi connectivity index (χ2n) is 13.7. The Morgan fingerprint density at radius 2 is 1.77 bits per heavy atom. The maximum atomic E-state index is 14.0. The van der Waals surface area contributed by atoms with Gasteiger partial charge in [0.15, 0.2) is 23.2 Å². The lowest BCUT2D eigenvalue weighted by molar-refractivity contribution is -0.123. The molecule has 3 aromatic rings. The lowest BCUT2D eigenvalue weighted by Gasteiger charge is -2.18. The monoisotopic (exact) mass is 813 g/mol. The molecular formula is C38H49F2N9O7S. The normalized spacial score (nSPS) is 17.6. The minimum atomic E-state index is -0.992. The van der Waals surface area contributed by atoms with Gasteiger partial charge >= 0.3 is 6.03 Å². The predicted molar refractivity (Wildman–Crippen MR) is 207 cm³/mol. The van der Waals surface area contributed by atoms with Crippen molar-refractivity contribution in [3.8, 4) is 11.4 Å². The number of nitrogens with zero attached hydrogens (tertiary/aromatic N) is 3. The number of hydrogen-bond donors (Lipinski definition) is 6. The standard InChI is InChI=1S/C38H49F2N9O7S/c39-27-9-6-10-28(40)36(27)56-22-31(50)29(11-3-4-15-41)44-37(53)24-7-5-8-26(19-24)49-21-25(47-48-49)20-43-34(52)14-17-55-18-16-42-33(51)13-2-1-12-32-35-30(23-57-32)45-38(54)46-35/h5-10,19,21,29-30,32,35H,1-4,11-18,20,22-23,41H2,(H,42,51)(H,43,52)(H,44,53)(H2,45,46,54)/t29?,30?,32-,35-/m0/s1. The smallest absolute Gasteiger partial charge is 0.315 e. The number of benzene rings is 2. The highest BCUT2D eigenvalue weighted by Gasteiger charge is 2.42. The third-order valence-electron chi connectivity index (χ3n) is 9.42. The number of nitrogens with two attached hydrogens (primary N) is 1. The van der Waals surface area contributed by atoms with Gasteiger partial charge in [0.2, 0.25) is 11.8 Å². The van der Waals surface area contributed by atoms with Crippen LogP contribution in [0.25, 0.3) is 5.69 Å². The fourth-order valence-electron chi connectivity index (χ4n) is 6.38. The Hall–Kier alpha value is -5.14. The van der Waals surface area contributed by atoms with E-state index in [-0.39, 0.29) is 68.1 Å². The van der Waals surface area contributed by atoms with Crippen LogP contribution in [0, 0.1) is 11.6 Å². The Balaban J connectivity index is 0.972. The number of carbonyl (C=O) groups excluding carboxylic acids is 5. The summed E-state index contributed by atoms with van der Waals surface area (Å²) in [7, 11) is 0. The topological polar surface area (TPSA) is 221 Å². The molecule has 0 bridgehead atoms. The summed E-state index contributed by atoms with van der Waals surface area (Å²) in [6, 6.07) is 8.95. The van der Waals surface area contributed by atoms with Crippen LogP contribution in [0.15, 0.2) is 48.7 Å². The summed E-state index contributed by atoms with van der Waals surface area (Å²) in [5, 5.41) is 22.8. The van der Waals surface area contributed by atoms with Crippen LogP contribution in [0.4, 0.5) is 13.6 Å². The number of rotatable bonds is 24. The average molecular weight is 814 g/mol. The van der Waals surface area contributed by atoms with E-state index in [4.69, 9.17) is 15.2 Å². The van der Waals surface area contributed by atoms with E-state index in [9.17, 15) is 32.8 Å². The Kier molecular flexibility index (Phi) is 16.6. The number of thioether (sulfide) groups is 1. The van der Waals surface area contributed by atoms with E-state index in [2.05, 4.69) is 36.9 Å². The van der Waals surface area contributed by atoms with Crippen molar-refractivity contribution in [1.29, 1.82) is 0 Å². The Morgan fingerprint density at radius 1 is 0.982 bits per heavy atom. The van der Waals surface area contributed by atoms with Crippen LogP contribution >= 0.6 is 11.8 Å². The summed E-state index contributed by atoms with van der Waals surface area (Å²) in [6.07, 6.45) is 6.14. The van der Waals surface area contributed by atoms with Crippen molar-refractivity contribution in [3.05, 3.63) is 71.6 Å². The highest BCUT2D eigenvalue weighted by Crippen LogP contribution is 2.33. The molecule has 16 nitrogen and oxygen atoms in total. The molecule has 19 heteroatoms. The third-order valence-corrected chi connectivity index (χ3v) is 10.9. The van der Waals surface area contributed by atoms with Gasteiger partial charge in [-0.25, -0.2) is 18.3 Å². The Bertz CT molecular complexity index is 1830. The molecule has 4 atom stereocenters. The Labute approximate surface area is 333 Å². The van der Waals surface area contributed by atoms with Crippen molar-refractivity contribution < 1.29 is 42.2 Å². The largest absolute Gasteiger partial charge is 0.480 e. The fraction of sp³-hybridized carbons (Fsp3) is 0.500. The molecule has 3 heterocycles. The van der Waals surface area contributed by atoms with Crippen LogP contribution in [0.2, 0.25) is 0 Å². The summed E-state index contributed by atoms with van der Waals surface area (Å²) in [4.78, 5) is 62.3. The number of para-hydroxylation sites is 1. The lowest BCUT2D eigenvalue weighted by Crippen LogP contribution is -2.43. The van der Waals surface area contributed by atoms with Crippen LogP contribution in [-0.2, 0) is 25.7 Å². The number of fused-ring (bicyclic) bond motifs is 1. The van der Waals surface area contributed by atoms with Gasteiger partial charge in [0.1, 0.15) is 12.3 Å². The number of amides is 5. The maximum Gasteiger partial charge on any atom is 0.315 e. The highest BCUT2D eigenvalue weighted by atomic mass is 32.2. The first-order chi connectivity index (χ1) is 27.6. The van der Waals surface area contributed by atoms with Gasteiger partial charge in [-0.2, -0.15) is 11.8 Å². The SMILES string of the molecule is NCCCCC(NC(=O)c1cccc(-n2cc(CNC(=O)CCOCCNC(=O)CCCC[C@@H]3SCC4NC(=O)N[C@@H]43)nn2)c1)C(=O)COc1c(F)cccc1F. The molecule has 0 saturated carbocycles. The fourth-order valence-corrected chi connectivity index (χ4v) is 7.92. The number of nitrogens with one attached hydrogen (secondary N) is 5. The van der Waals surface area contributed by atoms with Crippen LogP contribution in [-0.4, -0.2) is 107 Å². The van der Waals surface area contributed by atoms with Crippen LogP contribution in [0.3, 0.4) is 0 Å². The molecule has 2 fully saturated rings. The molecule has 0 radical (unpaired) electrons. The lowest BCUT2D eigenvalue weighted by atomic mass is 10.0. The van der Waals surface area contributed by atoms with Gasteiger partial charge in [-0.15, -0.1) is 5.10 Å². The molecule has 1 aromatic heterocycles. The summed E-state index contributed by atoms with van der Waals surface area (Å²) >= 11 is 1.86. The van der Waals surface area contributed by atoms with Crippen molar-refractivity contribution in [1.82, 2.24) is 41.6 Å². The van der Waals surface area contributed by atoms with Gasteiger partial charge in [0.25, 0.3) is 5.91 Å². The minimum absolute atomic E-state index is 0.0496. The molecule has 5 rings (SSSR count). The minimum Gasteiger partial charge on any atom is -0.480 e. The second-order valence-corrected chi connectivity index (χ2v) is 14.9. The quantitative estimate of drug-likeness (QED) is 0.0569. The van der Waals surface area contributed by atoms with E-state index in [1.165, 1.54) is 10.7 Å². The van der Waals surface area contributed by atoms with Gasteiger partial charge in [0.05, 0.1) is 49.8 Å². The molecule has 7 N–H and O–H groups in total. The number of unbranched alkanes of at least 4 members (excludes halogenated alkanes) is 2. The van der Waals surface area contributed by atoms with E-state index in [0.29, 0.717) is 49.0 Å². The Morgan fingerprint density at radius 3 is 2.58 bits per heavy atom. The number of carbonyl (C=O) groups is 5. The number of halogens is 2. The number of aromatic nitrogens is 3. The molecule has 308 valence electrons. The number of hydrogen-bond acceptors (Lipinski definition) is 11. The number of ketones is 1. The molecule has 2 unspecified atom stereocenters. The molecule has 2 saturated heterocycles. The van der Waals surface area contributed by atoms with Gasteiger partial charge in [-0.1, -0.05) is 23.8 Å². The zero-order valence-electron chi connectivity index (χ0n) is 31.5. The molecule has 0 spiro atoms. The van der Waals surface area contributed by atoms with Crippen molar-refractivity contribution in [2.24, 2.45) is 5.73 Å². The summed E-state index contributed by atoms with van der Waals surface area (Å²) < 4.78 is 40.1. The third kappa shape index (κ3) is 13.2. The van der Waals surface area contributed by atoms with Crippen molar-refractivity contribution in [2.45, 2.75) is 81.3 Å². The second kappa shape index (κ2) is 22.0. The average Bonchev–Trinajstić information content (AvgIpc) is 3.93. The van der Waals surface area contributed by atoms with Gasteiger partial charge in [-0.05, 0) is 69.0 Å². The van der Waals surface area contributed by atoms with E-state index < -0.39 is 41.7 Å². The molecule has 57 heavy (non-hydrogen) atoms. The zero-order valence-corrected chi connectivity index (χ0v) is 32.3. The zero-order chi connectivity index (χ0) is 40.6. The van der Waals surface area contributed by atoms with E-state index in [1.807, 2.05) is 11.8 Å². The molecule has 5 amide bonds. The first kappa shape index (κ1) is 43.0. The summed E-state index contributed by atoms with van der Waals surface area (Å²) in [5.74, 6) is -3.07. The predicted octanol–water partition coefficient (Wildman–Crippen LogP) is 2.29. The highest BCUT2D eigenvalue weighted by molar-refractivity contribution is 8.00. The van der Waals surface area contributed by atoms with Gasteiger partial charge < -0.3 is 41.8 Å². The summed E-state index contributed by atoms with van der Waals surface area (Å²) in [5.41, 5.74) is 6.78. The molecule has 2 aromatic carbocycles. The maximum absolute atomic E-state index is 14.0. The van der Waals surface area contributed by atoms with Crippen LogP contribution < -0.4 is 37.1 Å². The molecule has 0 aliphatic carbocycles. The van der Waals surface area contributed by atoms with E-state index in [1.54, 1.807) is 30.5 Å². The molecule has 2 aliphatic rings. The van der Waals surface area contributed by atoms with Crippen LogP contribution in [0.1, 0.15) is 67.4 Å². The number of ether oxygens (including phenoxy) is 2. The first-order valence-corrected chi connectivity index (χ1v) is 20.1. The van der Waals surface area contributed by atoms with Gasteiger partial charge in [-0.3, -0.25) is 19.2 Å². The van der Waals surface area contributed by atoms with E-state index >= 15 is 0 Å². The van der Waals surface area contributed by atoms with Crippen molar-refractivity contribution in [2.75, 3.05) is 38.7 Å². The summed E-state index contributed by atoms with van der Waals surface area (Å²) in [6.45, 7) is 0.630. The van der Waals surface area contributed by atoms with Crippen molar-refractivity contribution in [3.63, 3.8) is 0 Å². The first-order valence-electron chi connectivity index (χ1n) is 19.0. The number of Topliss-reactive ketones (excluding diaryl/α,β-unsaturated/α-hetero) is 1. The van der Waals surface area contributed by atoms with Crippen LogP contribution in [0.5, 0.6) is 5.75 Å². The number of urea groups is 1. The van der Waals surface area contributed by atoms with E-state index in [0.717, 1.165) is 37.1 Å².